The van der Waals surface area contributed by atoms with E-state index in [1.54, 1.807) is 6.08 Å². The summed E-state index contributed by atoms with van der Waals surface area (Å²) in [5.41, 5.74) is 0. The predicted octanol–water partition coefficient (Wildman–Crippen LogP) is 16.5. The lowest BCUT2D eigenvalue weighted by Crippen LogP contribution is -2.65. The van der Waals surface area contributed by atoms with Crippen LogP contribution in [0.1, 0.15) is 284 Å². The second-order valence-corrected chi connectivity index (χ2v) is 26.0. The molecule has 2 aliphatic rings. The van der Waals surface area contributed by atoms with Crippen molar-refractivity contribution < 1.29 is 64.6 Å². The highest BCUT2D eigenvalue weighted by Gasteiger charge is 2.51. The van der Waals surface area contributed by atoms with Crippen LogP contribution in [0, 0.1) is 0 Å². The Labute approximate surface area is 571 Å². The van der Waals surface area contributed by atoms with E-state index in [0.29, 0.717) is 12.8 Å². The Morgan fingerprint density at radius 3 is 1.17 bits per heavy atom. The third-order valence-corrected chi connectivity index (χ3v) is 17.6. The lowest BCUT2D eigenvalue weighted by Gasteiger charge is -2.46. The van der Waals surface area contributed by atoms with Crippen LogP contribution in [0.3, 0.4) is 0 Å². The first-order valence-corrected chi connectivity index (χ1v) is 37.8. The molecule has 0 aliphatic carbocycles. The SMILES string of the molecule is CC/C=C\C/C=C\C/C=C\C/C=C\C/C=C\C/C=C\C/C=C\C/C=C\CCCCCCCCC(=O)NC(COC1OC(CO)C(OC2OC(CO)C(O)C(O)C2O)C(O)C1O)C(O)/C=C/CC/C=C/CCCCCCCCCCCCCCCCCCCCCCCCC. The van der Waals surface area contributed by atoms with E-state index < -0.39 is 86.8 Å². The predicted molar refractivity (Wildman–Crippen MR) is 387 cm³/mol. The van der Waals surface area contributed by atoms with Gasteiger partial charge < -0.3 is 65.1 Å². The fraction of sp³-hybridized carbons (Fsp3) is 0.738. The van der Waals surface area contributed by atoms with Crippen molar-refractivity contribution in [2.45, 2.75) is 357 Å². The maximum absolute atomic E-state index is 13.4. The molecule has 2 aliphatic heterocycles. The van der Waals surface area contributed by atoms with Gasteiger partial charge in [-0.25, -0.2) is 0 Å². The third kappa shape index (κ3) is 45.8. The minimum atomic E-state index is -1.80. The van der Waals surface area contributed by atoms with E-state index in [1.165, 1.54) is 148 Å². The van der Waals surface area contributed by atoms with Gasteiger partial charge in [0.2, 0.25) is 5.91 Å². The molecule has 2 fully saturated rings. The molecule has 1 amide bonds. The fourth-order valence-electron chi connectivity index (χ4n) is 11.7. The summed E-state index contributed by atoms with van der Waals surface area (Å²) in [5.74, 6) is -0.266. The molecule has 0 aromatic carbocycles. The molecule has 0 aromatic rings. The van der Waals surface area contributed by atoms with Gasteiger partial charge in [0.15, 0.2) is 12.6 Å². The van der Waals surface area contributed by atoms with Gasteiger partial charge in [-0.3, -0.25) is 4.79 Å². The van der Waals surface area contributed by atoms with Crippen LogP contribution >= 0.6 is 0 Å². The number of hydrogen-bond acceptors (Lipinski definition) is 13. The molecule has 0 saturated carbocycles. The number of rotatable bonds is 61. The quantitative estimate of drug-likeness (QED) is 0.0204. The molecule has 0 aromatic heterocycles. The molecule has 2 rings (SSSR count). The minimum absolute atomic E-state index is 0.249. The Morgan fingerprint density at radius 1 is 0.394 bits per heavy atom. The molecule has 94 heavy (non-hydrogen) atoms. The molecule has 9 N–H and O–H groups in total. The van der Waals surface area contributed by atoms with Crippen LogP contribution in [0.5, 0.6) is 0 Å². The van der Waals surface area contributed by atoms with Gasteiger partial charge in [0.05, 0.1) is 32.0 Å². The lowest BCUT2D eigenvalue weighted by atomic mass is 9.97. The second-order valence-electron chi connectivity index (χ2n) is 26.0. The van der Waals surface area contributed by atoms with Crippen molar-refractivity contribution in [2.24, 2.45) is 0 Å². The fourth-order valence-corrected chi connectivity index (χ4v) is 11.7. The maximum Gasteiger partial charge on any atom is 0.220 e. The van der Waals surface area contributed by atoms with Gasteiger partial charge in [0, 0.05) is 6.42 Å². The summed E-state index contributed by atoms with van der Waals surface area (Å²) in [7, 11) is 0. The molecule has 14 nitrogen and oxygen atoms in total. The normalized spacial score (nSPS) is 23.2. The standard InChI is InChI=1S/C80H137NO13/c1-3-5-7-9-11-13-15-17-19-21-23-25-27-29-31-33-34-36-38-40-42-44-46-48-50-52-54-56-58-60-62-64-72(85)81-68(67-91-79-77(90)75(88)78(71(66-83)93-79)94-80-76(89)74(87)73(86)70(65-82)92-80)69(84)63-61-59-57-55-53-51-49-47-45-43-41-39-37-35-32-30-28-26-24-22-20-18-16-14-12-10-8-6-4-2/h5,7,11,13,17,19,23,25,29,31,34,36,40,42,46,48,53,55,61,63,68-71,73-80,82-84,86-90H,3-4,6,8-10,12,14-16,18,20-22,24,26-28,30,32-33,35,37-39,41,43-45,47,49-52,54,56-60,62,64-67H2,1-2H3,(H,81,85)/b7-5-,13-11-,19-17-,25-23-,31-29-,36-34-,42-40-,48-46-,55-53+,63-61+. The summed E-state index contributed by atoms with van der Waals surface area (Å²) in [6.07, 6.45) is 75.4. The van der Waals surface area contributed by atoms with Crippen LogP contribution < -0.4 is 5.32 Å². The number of nitrogens with one attached hydrogen (secondary N) is 1. The number of amides is 1. The van der Waals surface area contributed by atoms with E-state index >= 15 is 0 Å². The Kier molecular flexibility index (Phi) is 57.8. The number of aliphatic hydroxyl groups is 8. The average Bonchev–Trinajstić information content (AvgIpc) is 0.794. The second kappa shape index (κ2) is 62.9. The molecular formula is C80H137NO13. The average molecular weight is 1320 g/mol. The molecule has 0 bridgehead atoms. The van der Waals surface area contributed by atoms with Gasteiger partial charge in [-0.2, -0.15) is 0 Å². The number of hydrogen-bond donors (Lipinski definition) is 9. The molecule has 12 unspecified atom stereocenters. The van der Waals surface area contributed by atoms with E-state index in [-0.39, 0.29) is 18.9 Å². The van der Waals surface area contributed by atoms with Crippen molar-refractivity contribution in [3.05, 3.63) is 122 Å². The maximum atomic E-state index is 13.4. The van der Waals surface area contributed by atoms with Gasteiger partial charge in [-0.05, 0) is 96.3 Å². The van der Waals surface area contributed by atoms with Crippen LogP contribution in [0.15, 0.2) is 122 Å². The third-order valence-electron chi connectivity index (χ3n) is 17.6. The van der Waals surface area contributed by atoms with E-state index in [2.05, 4.69) is 129 Å². The summed E-state index contributed by atoms with van der Waals surface area (Å²) in [6.45, 7) is 2.68. The zero-order chi connectivity index (χ0) is 68.0. The van der Waals surface area contributed by atoms with E-state index in [4.69, 9.17) is 18.9 Å². The summed E-state index contributed by atoms with van der Waals surface area (Å²) < 4.78 is 22.9. The van der Waals surface area contributed by atoms with Crippen molar-refractivity contribution in [2.75, 3.05) is 19.8 Å². The van der Waals surface area contributed by atoms with E-state index in [9.17, 15) is 45.6 Å². The van der Waals surface area contributed by atoms with Gasteiger partial charge in [-0.15, -0.1) is 0 Å². The number of allylic oxidation sites excluding steroid dienone is 19. The van der Waals surface area contributed by atoms with Gasteiger partial charge in [0.1, 0.15) is 48.8 Å². The van der Waals surface area contributed by atoms with Crippen molar-refractivity contribution in [1.82, 2.24) is 5.32 Å². The molecule has 2 heterocycles. The Hall–Kier alpha value is -3.61. The van der Waals surface area contributed by atoms with Gasteiger partial charge >= 0.3 is 0 Å². The highest BCUT2D eigenvalue weighted by atomic mass is 16.7. The first-order valence-electron chi connectivity index (χ1n) is 37.8. The molecule has 14 heteroatoms. The number of aliphatic hydroxyl groups excluding tert-OH is 8. The van der Waals surface area contributed by atoms with Crippen LogP contribution in [0.2, 0.25) is 0 Å². The summed E-state index contributed by atoms with van der Waals surface area (Å²) >= 11 is 0. The summed E-state index contributed by atoms with van der Waals surface area (Å²) in [4.78, 5) is 13.4. The van der Waals surface area contributed by atoms with Gasteiger partial charge in [0.25, 0.3) is 0 Å². The van der Waals surface area contributed by atoms with Crippen molar-refractivity contribution in [3.8, 4) is 0 Å². The van der Waals surface area contributed by atoms with E-state index in [0.717, 1.165) is 103 Å². The molecular weight excluding hydrogens is 1180 g/mol. The molecule has 12 atom stereocenters. The zero-order valence-electron chi connectivity index (χ0n) is 58.9. The summed E-state index contributed by atoms with van der Waals surface area (Å²) in [6, 6.07) is -0.951. The van der Waals surface area contributed by atoms with Gasteiger partial charge in [-0.1, -0.05) is 302 Å². The first-order chi connectivity index (χ1) is 46.1. The highest BCUT2D eigenvalue weighted by molar-refractivity contribution is 5.76. The number of ether oxygens (including phenoxy) is 4. The van der Waals surface area contributed by atoms with Crippen molar-refractivity contribution in [1.29, 1.82) is 0 Å². The lowest BCUT2D eigenvalue weighted by molar-refractivity contribution is -0.359. The zero-order valence-corrected chi connectivity index (χ0v) is 58.9. The van der Waals surface area contributed by atoms with Crippen LogP contribution in [-0.4, -0.2) is 140 Å². The Bertz CT molecular complexity index is 2040. The first kappa shape index (κ1) is 86.5. The van der Waals surface area contributed by atoms with Crippen LogP contribution in [0.4, 0.5) is 0 Å². The van der Waals surface area contributed by atoms with Crippen molar-refractivity contribution in [3.63, 3.8) is 0 Å². The van der Waals surface area contributed by atoms with Crippen LogP contribution in [-0.2, 0) is 23.7 Å². The number of carbonyl (C=O) groups is 1. The van der Waals surface area contributed by atoms with Crippen molar-refractivity contribution >= 4 is 5.91 Å². The summed E-state index contributed by atoms with van der Waals surface area (Å²) in [5, 5.41) is 87.5. The molecule has 540 valence electrons. The Morgan fingerprint density at radius 2 is 0.745 bits per heavy atom. The molecule has 0 spiro atoms. The number of carbonyl (C=O) groups excluding carboxylic acids is 1. The van der Waals surface area contributed by atoms with E-state index in [1.807, 2.05) is 6.08 Å². The minimum Gasteiger partial charge on any atom is -0.394 e. The van der Waals surface area contributed by atoms with Crippen LogP contribution in [0.25, 0.3) is 0 Å². The molecule has 0 radical (unpaired) electrons. The largest absolute Gasteiger partial charge is 0.394 e. The topological polar surface area (TPSA) is 228 Å². The monoisotopic (exact) mass is 1320 g/mol. The Balaban J connectivity index is 1.69. The highest BCUT2D eigenvalue weighted by Crippen LogP contribution is 2.30. The molecule has 2 saturated heterocycles. The smallest absolute Gasteiger partial charge is 0.220 e. The number of unbranched alkanes of at least 4 members (excludes halogenated alkanes) is 30.